The first-order valence-corrected chi connectivity index (χ1v) is 7.70. The first-order chi connectivity index (χ1) is 10.4. The summed E-state index contributed by atoms with van der Waals surface area (Å²) in [6, 6.07) is 3.72. The molecule has 3 heterocycles. The van der Waals surface area contributed by atoms with Crippen LogP contribution in [0, 0.1) is 20.2 Å². The van der Waals surface area contributed by atoms with Gasteiger partial charge in [-0.3, -0.25) is 20.2 Å². The van der Waals surface area contributed by atoms with Gasteiger partial charge in [0.05, 0.1) is 37.8 Å². The number of hydrogen-bond acceptors (Lipinski definition) is 7. The van der Waals surface area contributed by atoms with E-state index in [0.717, 1.165) is 12.5 Å². The number of ether oxygens (including phenoxy) is 2. The Labute approximate surface area is 129 Å². The third-order valence-electron chi connectivity index (χ3n) is 4.54. The average Bonchev–Trinajstić information content (AvgIpc) is 2.86. The lowest BCUT2D eigenvalue weighted by Gasteiger charge is -2.51. The van der Waals surface area contributed by atoms with Crippen molar-refractivity contribution in [3.8, 4) is 0 Å². The standard InChI is InChI=1S/C13H12N2O6S/c1-13-5-8-11(10(21-13)12(13)20-8)22-9-3-2-6(14(16)17)4-7(9)15(18)19/h2-4,8,10-12H,5H2,1H3/t8-,10+,11-,12-,13-/m0/s1. The van der Waals surface area contributed by atoms with Crippen LogP contribution in [0.4, 0.5) is 11.4 Å². The number of fused-ring (bicyclic) bond motifs is 1. The van der Waals surface area contributed by atoms with Gasteiger partial charge in [-0.1, -0.05) is 0 Å². The molecule has 3 aliphatic rings. The molecule has 9 heteroatoms. The Morgan fingerprint density at radius 2 is 2.09 bits per heavy atom. The topological polar surface area (TPSA) is 105 Å². The summed E-state index contributed by atoms with van der Waals surface area (Å²) < 4.78 is 11.7. The lowest BCUT2D eigenvalue weighted by Crippen LogP contribution is -2.65. The molecule has 0 saturated carbocycles. The van der Waals surface area contributed by atoms with E-state index in [1.807, 2.05) is 6.92 Å². The molecule has 0 radical (unpaired) electrons. The first-order valence-electron chi connectivity index (χ1n) is 6.82. The molecule has 8 nitrogen and oxygen atoms in total. The Balaban J connectivity index is 1.61. The van der Waals surface area contributed by atoms with Gasteiger partial charge in [-0.2, -0.15) is 0 Å². The van der Waals surface area contributed by atoms with Crippen LogP contribution in [0.15, 0.2) is 23.1 Å². The maximum atomic E-state index is 11.2. The summed E-state index contributed by atoms with van der Waals surface area (Å²) in [5.41, 5.74) is -0.731. The Kier molecular flexibility index (Phi) is 2.78. The highest BCUT2D eigenvalue weighted by Gasteiger charge is 2.70. The van der Waals surface area contributed by atoms with Crippen LogP contribution in [0.1, 0.15) is 13.3 Å². The van der Waals surface area contributed by atoms with Crippen molar-refractivity contribution < 1.29 is 19.3 Å². The second kappa shape index (κ2) is 4.40. The summed E-state index contributed by atoms with van der Waals surface area (Å²) in [7, 11) is 0. The molecule has 5 atom stereocenters. The molecule has 3 aliphatic heterocycles. The summed E-state index contributed by atoms with van der Waals surface area (Å²) in [6.45, 7) is 2.02. The second-order valence-electron chi connectivity index (χ2n) is 5.94. The lowest BCUT2D eigenvalue weighted by molar-refractivity contribution is -0.396. The molecule has 3 saturated heterocycles. The van der Waals surface area contributed by atoms with Crippen LogP contribution >= 0.6 is 11.8 Å². The monoisotopic (exact) mass is 324 g/mol. The minimum absolute atomic E-state index is 0.00742. The van der Waals surface area contributed by atoms with Gasteiger partial charge in [0, 0.05) is 12.5 Å². The number of nitrogens with zero attached hydrogens (tertiary/aromatic N) is 2. The van der Waals surface area contributed by atoms with Gasteiger partial charge in [0.25, 0.3) is 11.4 Å². The van der Waals surface area contributed by atoms with E-state index in [1.165, 1.54) is 23.9 Å². The highest BCUT2D eigenvalue weighted by atomic mass is 32.2. The van der Waals surface area contributed by atoms with Crippen LogP contribution in [-0.2, 0) is 9.47 Å². The fourth-order valence-corrected chi connectivity index (χ4v) is 4.87. The number of rotatable bonds is 4. The summed E-state index contributed by atoms with van der Waals surface area (Å²) >= 11 is 1.32. The van der Waals surface area contributed by atoms with Crippen molar-refractivity contribution in [3.05, 3.63) is 38.4 Å². The number of non-ortho nitro benzene ring substituents is 1. The molecular formula is C13H12N2O6S. The van der Waals surface area contributed by atoms with Crippen molar-refractivity contribution >= 4 is 23.1 Å². The smallest absolute Gasteiger partial charge is 0.289 e. The van der Waals surface area contributed by atoms with E-state index in [2.05, 4.69) is 0 Å². The van der Waals surface area contributed by atoms with Crippen LogP contribution in [0.2, 0.25) is 0 Å². The fraction of sp³-hybridized carbons (Fsp3) is 0.538. The zero-order chi connectivity index (χ0) is 15.6. The van der Waals surface area contributed by atoms with Gasteiger partial charge in [-0.15, -0.1) is 11.8 Å². The highest BCUT2D eigenvalue weighted by Crippen LogP contribution is 2.59. The zero-order valence-electron chi connectivity index (χ0n) is 11.5. The van der Waals surface area contributed by atoms with E-state index >= 15 is 0 Å². The zero-order valence-corrected chi connectivity index (χ0v) is 12.3. The molecule has 0 N–H and O–H groups in total. The first kappa shape index (κ1) is 13.9. The molecule has 0 aromatic heterocycles. The van der Waals surface area contributed by atoms with Gasteiger partial charge in [-0.05, 0) is 13.0 Å². The van der Waals surface area contributed by atoms with Crippen molar-refractivity contribution in [2.24, 2.45) is 0 Å². The second-order valence-corrected chi connectivity index (χ2v) is 7.16. The maximum absolute atomic E-state index is 11.2. The molecular weight excluding hydrogens is 312 g/mol. The van der Waals surface area contributed by atoms with E-state index in [-0.39, 0.29) is 40.5 Å². The lowest BCUT2D eigenvalue weighted by atomic mass is 9.78. The van der Waals surface area contributed by atoms with Gasteiger partial charge in [0.2, 0.25) is 0 Å². The minimum atomic E-state index is -0.636. The predicted molar refractivity (Wildman–Crippen MR) is 76.0 cm³/mol. The molecule has 0 aliphatic carbocycles. The third-order valence-corrected chi connectivity index (χ3v) is 5.98. The summed E-state index contributed by atoms with van der Waals surface area (Å²) in [5, 5.41) is 21.9. The molecule has 4 rings (SSSR count). The molecule has 1 aromatic rings. The number of hydrogen-bond donors (Lipinski definition) is 0. The van der Waals surface area contributed by atoms with E-state index in [0.29, 0.717) is 4.90 Å². The van der Waals surface area contributed by atoms with Crippen LogP contribution in [0.5, 0.6) is 0 Å². The largest absolute Gasteiger partial charge is 0.368 e. The van der Waals surface area contributed by atoms with Crippen molar-refractivity contribution in [1.29, 1.82) is 0 Å². The summed E-state index contributed by atoms with van der Waals surface area (Å²) in [4.78, 5) is 21.1. The van der Waals surface area contributed by atoms with Crippen LogP contribution in [-0.4, -0.2) is 39.0 Å². The van der Waals surface area contributed by atoms with Crippen molar-refractivity contribution in [1.82, 2.24) is 0 Å². The SMILES string of the molecule is C[C@]12C[C@@H]3O[C@H]1[C@H](O2)[C@H]3Sc1ccc([N+](=O)[O-])cc1[N+](=O)[O-]. The van der Waals surface area contributed by atoms with E-state index in [1.54, 1.807) is 0 Å². The van der Waals surface area contributed by atoms with E-state index in [9.17, 15) is 20.2 Å². The van der Waals surface area contributed by atoms with E-state index in [4.69, 9.17) is 9.47 Å². The average molecular weight is 324 g/mol. The fourth-order valence-electron chi connectivity index (χ4n) is 3.53. The molecule has 0 spiro atoms. The van der Waals surface area contributed by atoms with Crippen molar-refractivity contribution in [2.45, 2.75) is 47.4 Å². The van der Waals surface area contributed by atoms with Gasteiger partial charge in [0.15, 0.2) is 0 Å². The van der Waals surface area contributed by atoms with Gasteiger partial charge in [0.1, 0.15) is 12.2 Å². The normalized spacial score (nSPS) is 37.9. The van der Waals surface area contributed by atoms with Crippen LogP contribution in [0.25, 0.3) is 0 Å². The van der Waals surface area contributed by atoms with E-state index < -0.39 is 9.85 Å². The van der Waals surface area contributed by atoms with Gasteiger partial charge < -0.3 is 9.47 Å². The van der Waals surface area contributed by atoms with Gasteiger partial charge >= 0.3 is 0 Å². The Bertz CT molecular complexity index is 693. The molecule has 22 heavy (non-hydrogen) atoms. The van der Waals surface area contributed by atoms with Crippen LogP contribution in [0.3, 0.4) is 0 Å². The molecule has 0 unspecified atom stereocenters. The number of nitro benzene ring substituents is 2. The number of nitro groups is 2. The number of thioether (sulfide) groups is 1. The highest BCUT2D eigenvalue weighted by molar-refractivity contribution is 8.00. The number of benzene rings is 1. The van der Waals surface area contributed by atoms with Gasteiger partial charge in [-0.25, -0.2) is 0 Å². The molecule has 0 amide bonds. The molecule has 116 valence electrons. The Morgan fingerprint density at radius 1 is 1.32 bits per heavy atom. The molecule has 3 fully saturated rings. The Hall–Kier alpha value is -1.71. The molecule has 1 aromatic carbocycles. The Morgan fingerprint density at radius 3 is 2.64 bits per heavy atom. The maximum Gasteiger partial charge on any atom is 0.289 e. The molecule has 2 bridgehead atoms. The summed E-state index contributed by atoms with van der Waals surface area (Å²) in [5.74, 6) is 0. The van der Waals surface area contributed by atoms with Crippen LogP contribution < -0.4 is 0 Å². The van der Waals surface area contributed by atoms with Crippen molar-refractivity contribution in [2.75, 3.05) is 0 Å². The third kappa shape index (κ3) is 1.79. The quantitative estimate of drug-likeness (QED) is 0.618. The summed E-state index contributed by atoms with van der Waals surface area (Å²) in [6.07, 6.45) is 0.816. The predicted octanol–water partition coefficient (Wildman–Crippen LogP) is 2.29. The van der Waals surface area contributed by atoms with Crippen molar-refractivity contribution in [3.63, 3.8) is 0 Å². The minimum Gasteiger partial charge on any atom is -0.368 e.